The molecule has 1 saturated heterocycles. The molecule has 19 heavy (non-hydrogen) atoms. The van der Waals surface area contributed by atoms with E-state index in [0.29, 0.717) is 5.82 Å². The van der Waals surface area contributed by atoms with Crippen LogP contribution in [0.15, 0.2) is 12.3 Å². The number of piperazine rings is 1. The average molecular weight is 282 g/mol. The Morgan fingerprint density at radius 1 is 1.32 bits per heavy atom. The van der Waals surface area contributed by atoms with Gasteiger partial charge >= 0.3 is 5.97 Å². The molecule has 1 aliphatic carbocycles. The minimum absolute atomic E-state index is 0.122. The summed E-state index contributed by atoms with van der Waals surface area (Å²) in [5, 5.41) is 9.32. The number of carbonyl (C=O) groups is 1. The van der Waals surface area contributed by atoms with Gasteiger partial charge in [0, 0.05) is 38.4 Å². The highest BCUT2D eigenvalue weighted by Crippen LogP contribution is 2.31. The SMILES string of the molecule is O=C(O)c1ccnc(N2CCN(C3CC3)CC2)c1Cl. The maximum Gasteiger partial charge on any atom is 0.337 e. The molecule has 1 aromatic heterocycles. The molecule has 1 N–H and O–H groups in total. The molecular weight excluding hydrogens is 266 g/mol. The van der Waals surface area contributed by atoms with Gasteiger partial charge in [0.25, 0.3) is 0 Å². The Morgan fingerprint density at radius 2 is 2.00 bits per heavy atom. The van der Waals surface area contributed by atoms with E-state index in [1.54, 1.807) is 0 Å². The third-order valence-corrected chi connectivity index (χ3v) is 4.15. The fourth-order valence-corrected chi connectivity index (χ4v) is 2.87. The summed E-state index contributed by atoms with van der Waals surface area (Å²) in [5.41, 5.74) is 0.122. The number of anilines is 1. The summed E-state index contributed by atoms with van der Waals surface area (Å²) in [6, 6.07) is 2.21. The summed E-state index contributed by atoms with van der Waals surface area (Å²) >= 11 is 6.15. The van der Waals surface area contributed by atoms with E-state index in [4.69, 9.17) is 16.7 Å². The molecule has 0 radical (unpaired) electrons. The lowest BCUT2D eigenvalue weighted by Gasteiger charge is -2.35. The van der Waals surface area contributed by atoms with Crippen LogP contribution in [0, 0.1) is 0 Å². The second kappa shape index (κ2) is 4.98. The third-order valence-electron chi connectivity index (χ3n) is 3.78. The maximum absolute atomic E-state index is 11.1. The van der Waals surface area contributed by atoms with Crippen LogP contribution in [0.1, 0.15) is 23.2 Å². The van der Waals surface area contributed by atoms with Crippen LogP contribution in [0.4, 0.5) is 5.82 Å². The van der Waals surface area contributed by atoms with Gasteiger partial charge < -0.3 is 10.0 Å². The minimum atomic E-state index is -1.01. The number of hydrogen-bond acceptors (Lipinski definition) is 4. The number of aromatic nitrogens is 1. The molecule has 0 amide bonds. The van der Waals surface area contributed by atoms with E-state index in [2.05, 4.69) is 14.8 Å². The molecular formula is C13H16ClN3O2. The molecule has 5 nitrogen and oxygen atoms in total. The van der Waals surface area contributed by atoms with Crippen molar-refractivity contribution >= 4 is 23.4 Å². The van der Waals surface area contributed by atoms with E-state index in [1.165, 1.54) is 25.1 Å². The standard InChI is InChI=1S/C13H16ClN3O2/c14-11-10(13(18)19)3-4-15-12(11)17-7-5-16(6-8-17)9-1-2-9/h3-4,9H,1-2,5-8H2,(H,18,19). The van der Waals surface area contributed by atoms with Crippen LogP contribution in [0.25, 0.3) is 0 Å². The number of pyridine rings is 1. The maximum atomic E-state index is 11.1. The van der Waals surface area contributed by atoms with Crippen LogP contribution in [0.2, 0.25) is 5.02 Å². The van der Waals surface area contributed by atoms with Crippen LogP contribution in [0.5, 0.6) is 0 Å². The number of halogens is 1. The number of nitrogens with zero attached hydrogens (tertiary/aromatic N) is 3. The van der Waals surface area contributed by atoms with Crippen molar-refractivity contribution in [3.63, 3.8) is 0 Å². The molecule has 2 heterocycles. The molecule has 2 fully saturated rings. The van der Waals surface area contributed by atoms with Gasteiger partial charge in [-0.1, -0.05) is 11.6 Å². The van der Waals surface area contributed by atoms with Crippen molar-refractivity contribution in [3.05, 3.63) is 22.8 Å². The fourth-order valence-electron chi connectivity index (χ4n) is 2.56. The van der Waals surface area contributed by atoms with E-state index in [-0.39, 0.29) is 10.6 Å². The van der Waals surface area contributed by atoms with Crippen LogP contribution in [0.3, 0.4) is 0 Å². The third kappa shape index (κ3) is 2.53. The first-order chi connectivity index (χ1) is 9.16. The highest BCUT2D eigenvalue weighted by atomic mass is 35.5. The molecule has 2 aliphatic rings. The lowest BCUT2D eigenvalue weighted by molar-refractivity contribution is 0.0697. The van der Waals surface area contributed by atoms with Crippen LogP contribution < -0.4 is 4.90 Å². The summed E-state index contributed by atoms with van der Waals surface area (Å²) in [5.74, 6) is -0.415. The molecule has 6 heteroatoms. The molecule has 102 valence electrons. The summed E-state index contributed by atoms with van der Waals surface area (Å²) in [4.78, 5) is 19.9. The first-order valence-electron chi connectivity index (χ1n) is 6.53. The normalized spacial score (nSPS) is 20.6. The Hall–Kier alpha value is -1.33. The van der Waals surface area contributed by atoms with Gasteiger partial charge in [-0.05, 0) is 18.9 Å². The van der Waals surface area contributed by atoms with Gasteiger partial charge in [0.2, 0.25) is 0 Å². The van der Waals surface area contributed by atoms with Gasteiger partial charge in [-0.2, -0.15) is 0 Å². The van der Waals surface area contributed by atoms with Gasteiger partial charge in [-0.25, -0.2) is 9.78 Å². The van der Waals surface area contributed by atoms with Crippen molar-refractivity contribution in [3.8, 4) is 0 Å². The smallest absolute Gasteiger partial charge is 0.337 e. The van der Waals surface area contributed by atoms with Crippen LogP contribution in [-0.2, 0) is 0 Å². The molecule has 3 rings (SSSR count). The van der Waals surface area contributed by atoms with Gasteiger partial charge in [0.15, 0.2) is 0 Å². The van der Waals surface area contributed by atoms with Gasteiger partial charge in [-0.15, -0.1) is 0 Å². The quantitative estimate of drug-likeness (QED) is 0.914. The number of hydrogen-bond donors (Lipinski definition) is 1. The first kappa shape index (κ1) is 12.7. The van der Waals surface area contributed by atoms with Crippen molar-refractivity contribution in [1.29, 1.82) is 0 Å². The molecule has 0 aromatic carbocycles. The number of carboxylic acids is 1. The average Bonchev–Trinajstić information content (AvgIpc) is 3.23. The lowest BCUT2D eigenvalue weighted by atomic mass is 10.2. The highest BCUT2D eigenvalue weighted by Gasteiger charge is 2.32. The zero-order chi connectivity index (χ0) is 13.4. The van der Waals surface area contributed by atoms with E-state index in [1.807, 2.05) is 0 Å². The Balaban J connectivity index is 1.75. The molecule has 0 unspecified atom stereocenters. The molecule has 1 aliphatic heterocycles. The summed E-state index contributed by atoms with van der Waals surface area (Å²) in [6.07, 6.45) is 4.14. The number of rotatable bonds is 3. The Morgan fingerprint density at radius 3 is 2.58 bits per heavy atom. The Labute approximate surface area is 116 Å². The molecule has 0 bridgehead atoms. The summed E-state index contributed by atoms with van der Waals surface area (Å²) in [7, 11) is 0. The minimum Gasteiger partial charge on any atom is -0.478 e. The van der Waals surface area contributed by atoms with Crippen molar-refractivity contribution in [2.24, 2.45) is 0 Å². The lowest BCUT2D eigenvalue weighted by Crippen LogP contribution is -2.47. The van der Waals surface area contributed by atoms with Crippen molar-refractivity contribution < 1.29 is 9.90 Å². The highest BCUT2D eigenvalue weighted by molar-refractivity contribution is 6.35. The van der Waals surface area contributed by atoms with Gasteiger partial charge in [-0.3, -0.25) is 4.90 Å². The summed E-state index contributed by atoms with van der Waals surface area (Å²) in [6.45, 7) is 3.71. The number of aromatic carboxylic acids is 1. The van der Waals surface area contributed by atoms with E-state index in [9.17, 15) is 4.79 Å². The fraction of sp³-hybridized carbons (Fsp3) is 0.538. The predicted octanol–water partition coefficient (Wildman–Crippen LogP) is 1.72. The van der Waals surface area contributed by atoms with Crippen LogP contribution >= 0.6 is 11.6 Å². The van der Waals surface area contributed by atoms with Crippen molar-refractivity contribution in [2.75, 3.05) is 31.1 Å². The number of carboxylic acid groups (broad SMARTS) is 1. The molecule has 0 spiro atoms. The second-order valence-electron chi connectivity index (χ2n) is 5.06. The van der Waals surface area contributed by atoms with Crippen LogP contribution in [-0.4, -0.2) is 53.2 Å². The monoisotopic (exact) mass is 281 g/mol. The predicted molar refractivity (Wildman–Crippen MR) is 73.0 cm³/mol. The first-order valence-corrected chi connectivity index (χ1v) is 6.91. The molecule has 1 aromatic rings. The van der Waals surface area contributed by atoms with E-state index < -0.39 is 5.97 Å². The zero-order valence-electron chi connectivity index (χ0n) is 10.5. The summed E-state index contributed by atoms with van der Waals surface area (Å²) < 4.78 is 0. The van der Waals surface area contributed by atoms with Crippen molar-refractivity contribution in [1.82, 2.24) is 9.88 Å². The van der Waals surface area contributed by atoms with Gasteiger partial charge in [0.05, 0.1) is 10.6 Å². The largest absolute Gasteiger partial charge is 0.478 e. The Kier molecular flexibility index (Phi) is 3.33. The van der Waals surface area contributed by atoms with E-state index >= 15 is 0 Å². The van der Waals surface area contributed by atoms with E-state index in [0.717, 1.165) is 32.2 Å². The topological polar surface area (TPSA) is 56.7 Å². The molecule has 0 atom stereocenters. The second-order valence-corrected chi connectivity index (χ2v) is 5.43. The zero-order valence-corrected chi connectivity index (χ0v) is 11.3. The molecule has 1 saturated carbocycles. The Bertz CT molecular complexity index is 497. The van der Waals surface area contributed by atoms with Gasteiger partial charge in [0.1, 0.15) is 5.82 Å². The van der Waals surface area contributed by atoms with Crippen molar-refractivity contribution in [2.45, 2.75) is 18.9 Å².